The highest BCUT2D eigenvalue weighted by Crippen LogP contribution is 2.43. The van der Waals surface area contributed by atoms with Gasteiger partial charge in [0.05, 0.1) is 6.04 Å². The second kappa shape index (κ2) is 7.09. The maximum Gasteiger partial charge on any atom is 0.319 e. The first-order valence-electron chi connectivity index (χ1n) is 10.5. The van der Waals surface area contributed by atoms with E-state index in [4.69, 9.17) is 0 Å². The van der Waals surface area contributed by atoms with E-state index in [1.54, 1.807) is 0 Å². The van der Waals surface area contributed by atoms with Gasteiger partial charge in [0.1, 0.15) is 0 Å². The van der Waals surface area contributed by atoms with Crippen molar-refractivity contribution in [2.24, 2.45) is 0 Å². The minimum atomic E-state index is -0.245. The minimum absolute atomic E-state index is 0.175. The van der Waals surface area contributed by atoms with Crippen molar-refractivity contribution >= 4 is 11.7 Å². The third-order valence-electron chi connectivity index (χ3n) is 5.95. The fraction of sp³-hybridized carbons (Fsp3) is 0.160. The maximum atomic E-state index is 12.9. The number of aromatic amines is 1. The molecule has 1 fully saturated rings. The van der Waals surface area contributed by atoms with Crippen molar-refractivity contribution in [1.82, 2.24) is 20.5 Å². The molecule has 1 aromatic heterocycles. The van der Waals surface area contributed by atoms with Crippen LogP contribution in [0.3, 0.4) is 0 Å². The largest absolute Gasteiger partial charge is 0.327 e. The fourth-order valence-corrected chi connectivity index (χ4v) is 4.28. The van der Waals surface area contributed by atoms with E-state index in [1.807, 2.05) is 48.5 Å². The quantitative estimate of drug-likeness (QED) is 0.433. The van der Waals surface area contributed by atoms with Crippen molar-refractivity contribution in [2.45, 2.75) is 24.8 Å². The molecule has 0 radical (unpaired) electrons. The molecule has 2 aliphatic rings. The molecule has 0 atom stereocenters. The third kappa shape index (κ3) is 3.26. The summed E-state index contributed by atoms with van der Waals surface area (Å²) in [5.41, 5.74) is 6.17. The summed E-state index contributed by atoms with van der Waals surface area (Å²) >= 11 is 0. The Labute approximate surface area is 179 Å². The number of benzene rings is 3. The Morgan fingerprint density at radius 3 is 2.32 bits per heavy atom. The smallest absolute Gasteiger partial charge is 0.319 e. The normalized spacial score (nSPS) is 14.7. The number of urea groups is 1. The molecule has 1 heterocycles. The molecular formula is C25H21N5O. The molecule has 3 N–H and O–H groups in total. The summed E-state index contributed by atoms with van der Waals surface area (Å²) in [5, 5.41) is 13.4. The predicted molar refractivity (Wildman–Crippen MR) is 120 cm³/mol. The van der Waals surface area contributed by atoms with Gasteiger partial charge in [-0.2, -0.15) is 5.10 Å². The van der Waals surface area contributed by atoms with Gasteiger partial charge in [-0.3, -0.25) is 5.10 Å². The SMILES string of the molecule is O=C(Nc1cccc(-c2nc(C3CC3)n[nH]2)c1)NC1c2ccccc2-c2ccccc21. The number of fused-ring (bicyclic) bond motifs is 3. The number of nitrogens with zero attached hydrogens (tertiary/aromatic N) is 2. The number of hydrogen-bond acceptors (Lipinski definition) is 3. The molecule has 0 bridgehead atoms. The predicted octanol–water partition coefficient (Wildman–Crippen LogP) is 5.24. The Bertz CT molecular complexity index is 1240. The second-order valence-corrected chi connectivity index (χ2v) is 8.10. The zero-order chi connectivity index (χ0) is 20.8. The highest BCUT2D eigenvalue weighted by molar-refractivity contribution is 5.92. The Balaban J connectivity index is 1.22. The van der Waals surface area contributed by atoms with Gasteiger partial charge in [-0.25, -0.2) is 9.78 Å². The van der Waals surface area contributed by atoms with Crippen molar-refractivity contribution in [3.63, 3.8) is 0 Å². The Hall–Kier alpha value is -3.93. The molecule has 2 aliphatic carbocycles. The number of rotatable bonds is 4. The van der Waals surface area contributed by atoms with Crippen molar-refractivity contribution in [3.8, 4) is 22.5 Å². The van der Waals surface area contributed by atoms with Crippen molar-refractivity contribution in [1.29, 1.82) is 0 Å². The number of hydrogen-bond donors (Lipinski definition) is 3. The Kier molecular flexibility index (Phi) is 4.09. The van der Waals surface area contributed by atoms with E-state index in [1.165, 1.54) is 11.1 Å². The number of H-pyrrole nitrogens is 1. The summed E-state index contributed by atoms with van der Waals surface area (Å²) in [7, 11) is 0. The van der Waals surface area contributed by atoms with Gasteiger partial charge in [0.15, 0.2) is 11.6 Å². The fourth-order valence-electron chi connectivity index (χ4n) is 4.28. The minimum Gasteiger partial charge on any atom is -0.327 e. The van der Waals surface area contributed by atoms with E-state index < -0.39 is 0 Å². The summed E-state index contributed by atoms with van der Waals surface area (Å²) in [6.07, 6.45) is 2.32. The lowest BCUT2D eigenvalue weighted by molar-refractivity contribution is 0.250. The van der Waals surface area contributed by atoms with Crippen LogP contribution < -0.4 is 10.6 Å². The monoisotopic (exact) mass is 407 g/mol. The molecule has 31 heavy (non-hydrogen) atoms. The molecule has 0 unspecified atom stereocenters. The van der Waals surface area contributed by atoms with E-state index in [0.717, 1.165) is 41.2 Å². The van der Waals surface area contributed by atoms with E-state index in [9.17, 15) is 4.79 Å². The van der Waals surface area contributed by atoms with Crippen LogP contribution >= 0.6 is 0 Å². The molecular weight excluding hydrogens is 386 g/mol. The number of nitrogens with one attached hydrogen (secondary N) is 3. The zero-order valence-corrected chi connectivity index (χ0v) is 16.8. The van der Waals surface area contributed by atoms with Gasteiger partial charge >= 0.3 is 6.03 Å². The van der Waals surface area contributed by atoms with Gasteiger partial charge < -0.3 is 10.6 Å². The van der Waals surface area contributed by atoms with Crippen LogP contribution in [-0.2, 0) is 0 Å². The average molecular weight is 407 g/mol. The van der Waals surface area contributed by atoms with Gasteiger partial charge in [-0.05, 0) is 47.2 Å². The highest BCUT2D eigenvalue weighted by atomic mass is 16.2. The van der Waals surface area contributed by atoms with Gasteiger partial charge in [-0.1, -0.05) is 60.7 Å². The number of carbonyl (C=O) groups excluding carboxylic acids is 1. The van der Waals surface area contributed by atoms with Gasteiger partial charge in [0, 0.05) is 17.2 Å². The lowest BCUT2D eigenvalue weighted by atomic mass is 10.1. The number of aromatic nitrogens is 3. The van der Waals surface area contributed by atoms with Crippen molar-refractivity contribution < 1.29 is 4.79 Å². The van der Waals surface area contributed by atoms with Crippen LogP contribution in [0.25, 0.3) is 22.5 Å². The first-order valence-corrected chi connectivity index (χ1v) is 10.5. The van der Waals surface area contributed by atoms with Gasteiger partial charge in [0.25, 0.3) is 0 Å². The van der Waals surface area contributed by atoms with Crippen LogP contribution in [-0.4, -0.2) is 21.2 Å². The van der Waals surface area contributed by atoms with E-state index in [0.29, 0.717) is 11.6 Å². The maximum absolute atomic E-state index is 12.9. The third-order valence-corrected chi connectivity index (χ3v) is 5.95. The molecule has 1 saturated carbocycles. The summed E-state index contributed by atoms with van der Waals surface area (Å²) in [6, 6.07) is 23.7. The molecule has 6 rings (SSSR count). The number of amides is 2. The molecule has 0 aliphatic heterocycles. The average Bonchev–Trinajstić information content (AvgIpc) is 3.45. The molecule has 2 amide bonds. The van der Waals surface area contributed by atoms with E-state index >= 15 is 0 Å². The topological polar surface area (TPSA) is 82.7 Å². The molecule has 3 aromatic carbocycles. The van der Waals surface area contributed by atoms with Crippen molar-refractivity contribution in [2.75, 3.05) is 5.32 Å². The van der Waals surface area contributed by atoms with E-state index in [-0.39, 0.29) is 12.1 Å². The molecule has 4 aromatic rings. The molecule has 6 nitrogen and oxygen atoms in total. The summed E-state index contributed by atoms with van der Waals surface area (Å²) < 4.78 is 0. The number of anilines is 1. The summed E-state index contributed by atoms with van der Waals surface area (Å²) in [6.45, 7) is 0. The zero-order valence-electron chi connectivity index (χ0n) is 16.8. The van der Waals surface area contributed by atoms with Crippen LogP contribution in [0.2, 0.25) is 0 Å². The number of carbonyl (C=O) groups is 1. The first kappa shape index (κ1) is 17.9. The molecule has 6 heteroatoms. The van der Waals surface area contributed by atoms with E-state index in [2.05, 4.69) is 50.1 Å². The summed E-state index contributed by atoms with van der Waals surface area (Å²) in [5.74, 6) is 2.10. The lowest BCUT2D eigenvalue weighted by Gasteiger charge is -2.16. The molecule has 152 valence electrons. The van der Waals surface area contributed by atoms with Crippen molar-refractivity contribution in [3.05, 3.63) is 89.7 Å². The Morgan fingerprint density at radius 1 is 0.903 bits per heavy atom. The second-order valence-electron chi connectivity index (χ2n) is 8.10. The molecule has 0 saturated heterocycles. The lowest BCUT2D eigenvalue weighted by Crippen LogP contribution is -2.32. The summed E-state index contributed by atoms with van der Waals surface area (Å²) in [4.78, 5) is 17.5. The molecule has 0 spiro atoms. The standard InChI is InChI=1S/C25H21N5O/c31-25(27-22-20-10-3-1-8-18(20)19-9-2-4-11-21(19)22)26-17-7-5-6-16(14-17)24-28-23(29-30-24)15-12-13-15/h1-11,14-15,22H,12-13H2,(H2,26,27,31)(H,28,29,30). The van der Waals surface area contributed by atoms with Gasteiger partial charge in [0.2, 0.25) is 0 Å². The van der Waals surface area contributed by atoms with Crippen LogP contribution in [0.1, 0.15) is 41.8 Å². The highest BCUT2D eigenvalue weighted by Gasteiger charge is 2.29. The Morgan fingerprint density at radius 2 is 1.61 bits per heavy atom. The van der Waals surface area contributed by atoms with Crippen LogP contribution in [0, 0.1) is 0 Å². The van der Waals surface area contributed by atoms with Crippen LogP contribution in [0.15, 0.2) is 72.8 Å². The van der Waals surface area contributed by atoms with Gasteiger partial charge in [-0.15, -0.1) is 0 Å². The van der Waals surface area contributed by atoms with Crippen LogP contribution in [0.4, 0.5) is 10.5 Å². The first-order chi connectivity index (χ1) is 15.3. The van der Waals surface area contributed by atoms with Crippen LogP contribution in [0.5, 0.6) is 0 Å².